The number of fused-ring (bicyclic) bond motifs is 1. The second-order valence-corrected chi connectivity index (χ2v) is 4.66. The van der Waals surface area contributed by atoms with E-state index in [1.807, 2.05) is 30.5 Å². The van der Waals surface area contributed by atoms with Crippen LogP contribution in [0.4, 0.5) is 0 Å². The fourth-order valence-corrected chi connectivity index (χ4v) is 2.13. The van der Waals surface area contributed by atoms with Crippen molar-refractivity contribution in [2.45, 2.75) is 6.92 Å². The Bertz CT molecular complexity index is 719. The van der Waals surface area contributed by atoms with Crippen LogP contribution in [0.5, 0.6) is 0 Å². The van der Waals surface area contributed by atoms with E-state index in [0.29, 0.717) is 0 Å². The van der Waals surface area contributed by atoms with Crippen molar-refractivity contribution >= 4 is 23.1 Å². The molecule has 0 radical (unpaired) electrons. The molecule has 0 amide bonds. The molecule has 1 heterocycles. The zero-order valence-electron chi connectivity index (χ0n) is 10.9. The van der Waals surface area contributed by atoms with E-state index >= 15 is 0 Å². The molecular formula is C18H15N. The second-order valence-electron chi connectivity index (χ2n) is 4.66. The van der Waals surface area contributed by atoms with Crippen molar-refractivity contribution in [2.24, 2.45) is 0 Å². The molecule has 3 aromatic rings. The Morgan fingerprint density at radius 1 is 0.842 bits per heavy atom. The minimum Gasteiger partial charge on any atom is -0.256 e. The lowest BCUT2D eigenvalue weighted by Gasteiger charge is -2.01. The highest BCUT2D eigenvalue weighted by molar-refractivity contribution is 5.90. The number of para-hydroxylation sites is 1. The maximum absolute atomic E-state index is 4.37. The summed E-state index contributed by atoms with van der Waals surface area (Å²) in [6, 6.07) is 18.8. The Morgan fingerprint density at radius 3 is 2.47 bits per heavy atom. The molecule has 92 valence electrons. The molecule has 1 heteroatoms. The standard InChI is InChI=1S/C18H15N/c1-14-6-8-15(9-7-14)10-11-16-12-13-19-18-5-3-2-4-17(16)18/h2-13H,1H3/b11-10+. The second kappa shape index (κ2) is 5.07. The molecule has 0 aliphatic rings. The fourth-order valence-electron chi connectivity index (χ4n) is 2.13. The predicted molar refractivity (Wildman–Crippen MR) is 81.9 cm³/mol. The van der Waals surface area contributed by atoms with Crippen molar-refractivity contribution in [2.75, 3.05) is 0 Å². The fraction of sp³-hybridized carbons (Fsp3) is 0.0556. The Labute approximate surface area is 113 Å². The number of pyridine rings is 1. The van der Waals surface area contributed by atoms with E-state index in [-0.39, 0.29) is 0 Å². The largest absolute Gasteiger partial charge is 0.256 e. The molecule has 0 saturated heterocycles. The van der Waals surface area contributed by atoms with Gasteiger partial charge in [0, 0.05) is 11.6 Å². The van der Waals surface area contributed by atoms with Crippen LogP contribution in [0.2, 0.25) is 0 Å². The zero-order chi connectivity index (χ0) is 13.1. The van der Waals surface area contributed by atoms with Gasteiger partial charge in [0.25, 0.3) is 0 Å². The van der Waals surface area contributed by atoms with Gasteiger partial charge in [0.15, 0.2) is 0 Å². The van der Waals surface area contributed by atoms with Crippen molar-refractivity contribution in [3.8, 4) is 0 Å². The topological polar surface area (TPSA) is 12.9 Å². The summed E-state index contributed by atoms with van der Waals surface area (Å²) in [7, 11) is 0. The minimum atomic E-state index is 1.04. The summed E-state index contributed by atoms with van der Waals surface area (Å²) in [4.78, 5) is 4.37. The summed E-state index contributed by atoms with van der Waals surface area (Å²) in [6.07, 6.45) is 6.15. The molecule has 0 N–H and O–H groups in total. The summed E-state index contributed by atoms with van der Waals surface area (Å²) in [5.74, 6) is 0. The Morgan fingerprint density at radius 2 is 1.63 bits per heavy atom. The summed E-state index contributed by atoms with van der Waals surface area (Å²) < 4.78 is 0. The van der Waals surface area contributed by atoms with Crippen LogP contribution in [0.15, 0.2) is 60.8 Å². The molecule has 0 aliphatic carbocycles. The van der Waals surface area contributed by atoms with Gasteiger partial charge in [0.05, 0.1) is 5.52 Å². The van der Waals surface area contributed by atoms with E-state index in [4.69, 9.17) is 0 Å². The molecule has 3 rings (SSSR count). The van der Waals surface area contributed by atoms with Crippen LogP contribution in [0.1, 0.15) is 16.7 Å². The van der Waals surface area contributed by atoms with E-state index in [1.165, 1.54) is 22.1 Å². The third-order valence-corrected chi connectivity index (χ3v) is 3.22. The lowest BCUT2D eigenvalue weighted by molar-refractivity contribution is 1.41. The average molecular weight is 245 g/mol. The number of benzene rings is 2. The van der Waals surface area contributed by atoms with Crippen molar-refractivity contribution in [3.63, 3.8) is 0 Å². The highest BCUT2D eigenvalue weighted by Crippen LogP contribution is 2.18. The van der Waals surface area contributed by atoms with Crippen LogP contribution in [0.25, 0.3) is 23.1 Å². The van der Waals surface area contributed by atoms with Gasteiger partial charge in [-0.05, 0) is 30.2 Å². The lowest BCUT2D eigenvalue weighted by atomic mass is 10.1. The molecule has 1 nitrogen and oxygen atoms in total. The molecule has 19 heavy (non-hydrogen) atoms. The van der Waals surface area contributed by atoms with Gasteiger partial charge in [0.2, 0.25) is 0 Å². The first kappa shape index (κ1) is 11.7. The average Bonchev–Trinajstić information content (AvgIpc) is 2.47. The van der Waals surface area contributed by atoms with Crippen LogP contribution in [0.3, 0.4) is 0 Å². The van der Waals surface area contributed by atoms with E-state index in [0.717, 1.165) is 5.52 Å². The van der Waals surface area contributed by atoms with E-state index < -0.39 is 0 Å². The summed E-state index contributed by atoms with van der Waals surface area (Å²) >= 11 is 0. The Kier molecular flexibility index (Phi) is 3.11. The van der Waals surface area contributed by atoms with E-state index in [9.17, 15) is 0 Å². The van der Waals surface area contributed by atoms with Gasteiger partial charge < -0.3 is 0 Å². The maximum Gasteiger partial charge on any atom is 0.0707 e. The summed E-state index contributed by atoms with van der Waals surface area (Å²) in [5, 5.41) is 1.19. The van der Waals surface area contributed by atoms with Crippen LogP contribution >= 0.6 is 0 Å². The van der Waals surface area contributed by atoms with Crippen LogP contribution < -0.4 is 0 Å². The van der Waals surface area contributed by atoms with Gasteiger partial charge in [0.1, 0.15) is 0 Å². The molecule has 0 bridgehead atoms. The van der Waals surface area contributed by atoms with Gasteiger partial charge in [-0.1, -0.05) is 60.2 Å². The SMILES string of the molecule is Cc1ccc(/C=C/c2ccnc3ccccc23)cc1. The maximum atomic E-state index is 4.37. The number of hydrogen-bond acceptors (Lipinski definition) is 1. The molecular weight excluding hydrogens is 230 g/mol. The molecule has 0 aliphatic heterocycles. The van der Waals surface area contributed by atoms with Gasteiger partial charge in [-0.2, -0.15) is 0 Å². The van der Waals surface area contributed by atoms with Crippen molar-refractivity contribution in [3.05, 3.63) is 77.5 Å². The van der Waals surface area contributed by atoms with Crippen LogP contribution in [0, 0.1) is 6.92 Å². The smallest absolute Gasteiger partial charge is 0.0707 e. The van der Waals surface area contributed by atoms with Gasteiger partial charge in [-0.3, -0.25) is 4.98 Å². The van der Waals surface area contributed by atoms with Crippen molar-refractivity contribution in [1.82, 2.24) is 4.98 Å². The van der Waals surface area contributed by atoms with Crippen LogP contribution in [-0.2, 0) is 0 Å². The molecule has 2 aromatic carbocycles. The Hall–Kier alpha value is -2.41. The normalized spacial score (nSPS) is 11.2. The van der Waals surface area contributed by atoms with E-state index in [1.54, 1.807) is 0 Å². The third-order valence-electron chi connectivity index (χ3n) is 3.22. The number of aromatic nitrogens is 1. The molecule has 0 saturated carbocycles. The predicted octanol–water partition coefficient (Wildman–Crippen LogP) is 4.71. The highest BCUT2D eigenvalue weighted by atomic mass is 14.6. The molecule has 1 aromatic heterocycles. The summed E-state index contributed by atoms with van der Waals surface area (Å²) in [6.45, 7) is 2.10. The zero-order valence-corrected chi connectivity index (χ0v) is 10.9. The molecule has 0 spiro atoms. The molecule has 0 atom stereocenters. The molecule has 0 unspecified atom stereocenters. The van der Waals surface area contributed by atoms with Gasteiger partial charge >= 0.3 is 0 Å². The lowest BCUT2D eigenvalue weighted by Crippen LogP contribution is -1.81. The number of hydrogen-bond donors (Lipinski definition) is 0. The van der Waals surface area contributed by atoms with Crippen LogP contribution in [-0.4, -0.2) is 4.98 Å². The Balaban J connectivity index is 1.99. The first-order chi connectivity index (χ1) is 9.33. The molecule has 0 fully saturated rings. The van der Waals surface area contributed by atoms with Gasteiger partial charge in [-0.25, -0.2) is 0 Å². The minimum absolute atomic E-state index is 1.04. The van der Waals surface area contributed by atoms with E-state index in [2.05, 4.69) is 54.4 Å². The monoisotopic (exact) mass is 245 g/mol. The van der Waals surface area contributed by atoms with Crippen molar-refractivity contribution in [1.29, 1.82) is 0 Å². The summed E-state index contributed by atoms with van der Waals surface area (Å²) in [5.41, 5.74) is 4.73. The first-order valence-electron chi connectivity index (χ1n) is 6.41. The quantitative estimate of drug-likeness (QED) is 0.637. The van der Waals surface area contributed by atoms with Gasteiger partial charge in [-0.15, -0.1) is 0 Å². The third kappa shape index (κ3) is 2.55. The number of rotatable bonds is 2. The van der Waals surface area contributed by atoms with Crippen molar-refractivity contribution < 1.29 is 0 Å². The number of nitrogens with zero attached hydrogens (tertiary/aromatic N) is 1. The highest BCUT2D eigenvalue weighted by Gasteiger charge is 1.97. The first-order valence-corrected chi connectivity index (χ1v) is 6.41. The number of aryl methyl sites for hydroxylation is 1.